The lowest BCUT2D eigenvalue weighted by Gasteiger charge is -2.30. The Labute approximate surface area is 257 Å². The second-order valence-corrected chi connectivity index (χ2v) is 12.5. The summed E-state index contributed by atoms with van der Waals surface area (Å²) >= 11 is 14.2. The maximum Gasteiger partial charge on any atom is 0.305 e. The smallest absolute Gasteiger partial charge is 0.305 e. The number of hydrogen-bond donors (Lipinski definition) is 2. The fourth-order valence-electron chi connectivity index (χ4n) is 5.08. The number of carbonyl (C=O) groups is 3. The van der Waals surface area contributed by atoms with Crippen LogP contribution in [0.4, 0.5) is 11.4 Å². The Bertz CT molecular complexity index is 1770. The van der Waals surface area contributed by atoms with Gasteiger partial charge in [-0.15, -0.1) is 0 Å². The molecule has 2 aliphatic rings. The molecule has 0 bridgehead atoms. The van der Waals surface area contributed by atoms with E-state index in [0.717, 1.165) is 11.3 Å². The molecule has 0 radical (unpaired) electrons. The summed E-state index contributed by atoms with van der Waals surface area (Å²) in [5, 5.41) is 3.22. The van der Waals surface area contributed by atoms with Crippen molar-refractivity contribution in [3.05, 3.63) is 96.9 Å². The van der Waals surface area contributed by atoms with E-state index in [-0.39, 0.29) is 23.3 Å². The Hall–Kier alpha value is -3.77. The molecule has 1 fully saturated rings. The summed E-state index contributed by atoms with van der Waals surface area (Å²) in [6, 6.07) is 18.4. The minimum atomic E-state index is -0.753. The van der Waals surface area contributed by atoms with E-state index in [1.54, 1.807) is 54.6 Å². The monoisotopic (exact) mass is 641 g/mol. The number of fused-ring (bicyclic) bond motifs is 2. The van der Waals surface area contributed by atoms with Gasteiger partial charge in [0.05, 0.1) is 33.8 Å². The number of nitrogens with one attached hydrogen (secondary N) is 2. The van der Waals surface area contributed by atoms with Gasteiger partial charge in [0, 0.05) is 16.5 Å². The highest BCUT2D eigenvalue weighted by Gasteiger charge is 2.56. The highest BCUT2D eigenvalue weighted by molar-refractivity contribution is 8.00. The fourth-order valence-corrected chi connectivity index (χ4v) is 7.89. The van der Waals surface area contributed by atoms with Gasteiger partial charge in [-0.3, -0.25) is 19.2 Å². The maximum absolute atomic E-state index is 13.9. The van der Waals surface area contributed by atoms with E-state index in [1.165, 1.54) is 29.8 Å². The third-order valence-corrected chi connectivity index (χ3v) is 10.1. The molecule has 0 spiro atoms. The third-order valence-electron chi connectivity index (χ3n) is 6.95. The van der Waals surface area contributed by atoms with Crippen molar-refractivity contribution < 1.29 is 23.9 Å². The number of benzene rings is 3. The Morgan fingerprint density at radius 2 is 1.76 bits per heavy atom. The second kappa shape index (κ2) is 11.5. The van der Waals surface area contributed by atoms with Crippen LogP contribution in [-0.2, 0) is 14.4 Å². The van der Waals surface area contributed by atoms with Crippen molar-refractivity contribution in [1.29, 1.82) is 0 Å². The summed E-state index contributed by atoms with van der Waals surface area (Å²) < 4.78 is 11.0. The highest BCUT2D eigenvalue weighted by Crippen LogP contribution is 2.53. The molecule has 3 heterocycles. The number of ether oxygens (including phenoxy) is 2. The Morgan fingerprint density at radius 1 is 0.976 bits per heavy atom. The molecule has 214 valence electrons. The van der Waals surface area contributed by atoms with Crippen molar-refractivity contribution in [2.75, 3.05) is 23.9 Å². The van der Waals surface area contributed by atoms with Crippen LogP contribution in [-0.4, -0.2) is 41.7 Å². The SMILES string of the molecule is COc1ccc(N2C(=O)C3Sc4[nH]c(=O)sc4C(c4cccc(OCC(=O)Nc5ccc(Cl)c(Cl)c5)c4)C3C2=O)cc1. The molecule has 9 nitrogen and oxygen atoms in total. The summed E-state index contributed by atoms with van der Waals surface area (Å²) in [5.74, 6) is -1.46. The van der Waals surface area contributed by atoms with Gasteiger partial charge >= 0.3 is 4.87 Å². The third kappa shape index (κ3) is 5.29. The molecule has 4 aromatic rings. The van der Waals surface area contributed by atoms with Crippen LogP contribution in [0.5, 0.6) is 11.5 Å². The lowest BCUT2D eigenvalue weighted by atomic mass is 9.83. The number of thioether (sulfide) groups is 1. The fraction of sp³-hybridized carbons (Fsp3) is 0.172. The van der Waals surface area contributed by atoms with E-state index in [9.17, 15) is 19.2 Å². The average Bonchev–Trinajstić information content (AvgIpc) is 3.48. The van der Waals surface area contributed by atoms with Gasteiger partial charge in [0.1, 0.15) is 16.7 Å². The Kier molecular flexibility index (Phi) is 7.75. The molecule has 3 aromatic carbocycles. The number of amides is 3. The first-order valence-electron chi connectivity index (χ1n) is 12.6. The van der Waals surface area contributed by atoms with Gasteiger partial charge in [-0.25, -0.2) is 4.90 Å². The highest BCUT2D eigenvalue weighted by atomic mass is 35.5. The molecule has 1 aromatic heterocycles. The van der Waals surface area contributed by atoms with Crippen LogP contribution < -0.4 is 24.6 Å². The number of H-pyrrole nitrogens is 1. The number of aromatic amines is 1. The molecule has 3 atom stereocenters. The van der Waals surface area contributed by atoms with Crippen LogP contribution in [0, 0.1) is 5.92 Å². The minimum absolute atomic E-state index is 0.268. The predicted molar refractivity (Wildman–Crippen MR) is 162 cm³/mol. The first-order chi connectivity index (χ1) is 20.2. The van der Waals surface area contributed by atoms with Crippen LogP contribution in [0.15, 0.2) is 76.6 Å². The van der Waals surface area contributed by atoms with Gasteiger partial charge in [0.25, 0.3) is 5.91 Å². The van der Waals surface area contributed by atoms with Crippen LogP contribution in [0.1, 0.15) is 16.4 Å². The van der Waals surface area contributed by atoms with Gasteiger partial charge < -0.3 is 19.8 Å². The molecular formula is C29H21Cl2N3O6S2. The van der Waals surface area contributed by atoms with E-state index in [4.69, 9.17) is 32.7 Å². The lowest BCUT2D eigenvalue weighted by Crippen LogP contribution is -2.32. The van der Waals surface area contributed by atoms with Gasteiger partial charge in [0.2, 0.25) is 11.8 Å². The molecule has 6 rings (SSSR count). The van der Waals surface area contributed by atoms with Crippen LogP contribution in [0.2, 0.25) is 10.0 Å². The van der Waals surface area contributed by atoms with Crippen molar-refractivity contribution in [3.8, 4) is 11.5 Å². The number of thiazole rings is 1. The summed E-state index contributed by atoms with van der Waals surface area (Å²) in [6.45, 7) is -0.290. The van der Waals surface area contributed by atoms with Crippen molar-refractivity contribution in [2.24, 2.45) is 5.92 Å². The number of carbonyl (C=O) groups excluding carboxylic acids is 3. The largest absolute Gasteiger partial charge is 0.497 e. The molecule has 3 unspecified atom stereocenters. The quantitative estimate of drug-likeness (QED) is 0.254. The van der Waals surface area contributed by atoms with Gasteiger partial charge in [-0.2, -0.15) is 0 Å². The lowest BCUT2D eigenvalue weighted by molar-refractivity contribution is -0.122. The first-order valence-corrected chi connectivity index (χ1v) is 15.1. The van der Waals surface area contributed by atoms with Crippen LogP contribution in [0.25, 0.3) is 0 Å². The number of rotatable bonds is 7. The van der Waals surface area contributed by atoms with Gasteiger partial charge in [-0.1, -0.05) is 58.4 Å². The molecule has 13 heteroatoms. The number of imide groups is 1. The van der Waals surface area contributed by atoms with Gasteiger partial charge in [0.15, 0.2) is 6.61 Å². The number of nitrogens with zero attached hydrogens (tertiary/aromatic N) is 1. The normalized spacial score (nSPS) is 19.3. The summed E-state index contributed by atoms with van der Waals surface area (Å²) in [4.78, 5) is 56.8. The molecule has 0 saturated carbocycles. The molecule has 3 amide bonds. The van der Waals surface area contributed by atoms with E-state index in [0.29, 0.717) is 48.4 Å². The standard InChI is InChI=1S/C29H21Cl2N3O6S2/c1-39-17-8-6-16(7-9-17)34-27(36)23-22(24-26(33-29(38)42-24)41-25(23)28(34)37)14-3-2-4-18(11-14)40-13-21(35)32-15-5-10-19(30)20(31)12-15/h2-12,22-23,25H,13H2,1H3,(H,32,35)(H,33,38). The molecule has 2 N–H and O–H groups in total. The number of halogens is 2. The van der Waals surface area contributed by atoms with Crippen molar-refractivity contribution in [1.82, 2.24) is 4.98 Å². The summed E-state index contributed by atoms with van der Waals surface area (Å²) in [6.07, 6.45) is 0. The van der Waals surface area contributed by atoms with Crippen LogP contribution in [0.3, 0.4) is 0 Å². The zero-order valence-corrected chi connectivity index (χ0v) is 24.9. The maximum atomic E-state index is 13.9. The van der Waals surface area contributed by atoms with Gasteiger partial charge in [-0.05, 0) is 60.2 Å². The number of aromatic nitrogens is 1. The second-order valence-electron chi connectivity index (χ2n) is 9.50. The van der Waals surface area contributed by atoms with E-state index < -0.39 is 23.0 Å². The van der Waals surface area contributed by atoms with Crippen molar-refractivity contribution in [2.45, 2.75) is 16.2 Å². The van der Waals surface area contributed by atoms with E-state index in [2.05, 4.69) is 10.3 Å². The number of hydrogen-bond acceptors (Lipinski definition) is 8. The number of anilines is 2. The molecule has 42 heavy (non-hydrogen) atoms. The molecule has 1 saturated heterocycles. The molecule has 0 aliphatic carbocycles. The van der Waals surface area contributed by atoms with Crippen molar-refractivity contribution in [3.63, 3.8) is 0 Å². The van der Waals surface area contributed by atoms with E-state index >= 15 is 0 Å². The van der Waals surface area contributed by atoms with Crippen LogP contribution >= 0.6 is 46.3 Å². The zero-order chi connectivity index (χ0) is 29.5. The molecular weight excluding hydrogens is 621 g/mol. The summed E-state index contributed by atoms with van der Waals surface area (Å²) in [7, 11) is 1.54. The van der Waals surface area contributed by atoms with Crippen molar-refractivity contribution >= 4 is 75.4 Å². The minimum Gasteiger partial charge on any atom is -0.497 e. The topological polar surface area (TPSA) is 118 Å². The molecule has 2 aliphatic heterocycles. The Morgan fingerprint density at radius 3 is 2.50 bits per heavy atom. The van der Waals surface area contributed by atoms with E-state index in [1.807, 2.05) is 6.07 Å². The number of methoxy groups -OCH3 is 1. The summed E-state index contributed by atoms with van der Waals surface area (Å²) in [5.41, 5.74) is 1.60. The predicted octanol–water partition coefficient (Wildman–Crippen LogP) is 5.57. The zero-order valence-electron chi connectivity index (χ0n) is 21.8. The Balaban J connectivity index is 1.27. The average molecular weight is 643 g/mol. The first kappa shape index (κ1) is 28.4.